The van der Waals surface area contributed by atoms with E-state index in [1.54, 1.807) is 36.4 Å². The molecule has 0 bridgehead atoms. The van der Waals surface area contributed by atoms with Crippen molar-refractivity contribution >= 4 is 17.5 Å². The van der Waals surface area contributed by atoms with Gasteiger partial charge in [-0.1, -0.05) is 12.1 Å². The lowest BCUT2D eigenvalue weighted by Crippen LogP contribution is -2.45. The van der Waals surface area contributed by atoms with E-state index >= 15 is 0 Å². The first-order valence-electron chi connectivity index (χ1n) is 13.8. The Hall–Kier alpha value is -3.98. The normalized spacial score (nSPS) is 16.4. The molecule has 0 unspecified atom stereocenters. The van der Waals surface area contributed by atoms with Gasteiger partial charge in [0.2, 0.25) is 11.8 Å². The number of hydrogen-bond donors (Lipinski definition) is 3. The molecule has 1 saturated heterocycles. The number of alkyl halides is 3. The number of carbonyl (C=O) groups is 1. The Morgan fingerprint density at radius 1 is 1.19 bits per heavy atom. The third-order valence-electron chi connectivity index (χ3n) is 7.37. The van der Waals surface area contributed by atoms with Crippen LogP contribution in [0.5, 0.6) is 17.4 Å². The van der Waals surface area contributed by atoms with Gasteiger partial charge in [-0.05, 0) is 42.7 Å². The van der Waals surface area contributed by atoms with E-state index in [1.165, 1.54) is 13.2 Å². The van der Waals surface area contributed by atoms with Crippen molar-refractivity contribution in [1.29, 1.82) is 0 Å². The van der Waals surface area contributed by atoms with Gasteiger partial charge >= 0.3 is 6.18 Å². The highest BCUT2D eigenvalue weighted by atomic mass is 19.4. The maximum absolute atomic E-state index is 13.9. The van der Waals surface area contributed by atoms with Crippen molar-refractivity contribution in [1.82, 2.24) is 25.2 Å². The first-order chi connectivity index (χ1) is 20.6. The summed E-state index contributed by atoms with van der Waals surface area (Å²) in [5, 5.41) is 16.7. The van der Waals surface area contributed by atoms with Crippen LogP contribution in [0.4, 0.5) is 24.8 Å². The Morgan fingerprint density at radius 3 is 2.70 bits per heavy atom. The molecule has 11 nitrogen and oxygen atoms in total. The minimum absolute atomic E-state index is 0.00732. The molecule has 5 rings (SSSR count). The molecule has 1 fully saturated rings. The summed E-state index contributed by atoms with van der Waals surface area (Å²) in [6, 6.07) is 9.81. The quantitative estimate of drug-likeness (QED) is 0.330. The van der Waals surface area contributed by atoms with Crippen LogP contribution in [0.1, 0.15) is 39.9 Å². The third-order valence-corrected chi connectivity index (χ3v) is 7.37. The number of benzene rings is 2. The van der Waals surface area contributed by atoms with E-state index in [2.05, 4.69) is 25.5 Å². The second-order valence-electron chi connectivity index (χ2n) is 10.3. The SMILES string of the molecule is COc1cc(C(=O)NC2CCN(CCO)CC2)ccc1Nc1ncc(C(F)(F)F)c(Oc2cccc3c2CON(C)C3)n1. The number of likely N-dealkylation sites (tertiary alicyclic amines) is 1. The lowest BCUT2D eigenvalue weighted by Gasteiger charge is -2.31. The number of ether oxygens (including phenoxy) is 2. The molecular weight excluding hydrogens is 569 g/mol. The number of nitrogens with zero attached hydrogens (tertiary/aromatic N) is 4. The fraction of sp³-hybridized carbons (Fsp3) is 0.414. The zero-order valence-corrected chi connectivity index (χ0v) is 23.8. The van der Waals surface area contributed by atoms with E-state index in [-0.39, 0.29) is 42.6 Å². The number of anilines is 2. The molecule has 3 N–H and O–H groups in total. The standard InChI is InChI=1S/C29H33F3N6O5/c1-37-16-19-4-3-5-24(21(19)17-42-37)43-27-22(29(30,31)32)15-33-28(36-27)35-23-7-6-18(14-25(23)41-2)26(40)34-20-8-10-38(11-9-20)12-13-39/h3-7,14-15,20,39H,8-13,16-17H2,1-2H3,(H,34,40)(H,33,35,36). The van der Waals surface area contributed by atoms with E-state index in [9.17, 15) is 18.0 Å². The Balaban J connectivity index is 1.34. The van der Waals surface area contributed by atoms with Gasteiger partial charge in [-0.15, -0.1) is 0 Å². The molecule has 0 saturated carbocycles. The van der Waals surface area contributed by atoms with Crippen molar-refractivity contribution in [3.05, 3.63) is 64.8 Å². The zero-order chi connectivity index (χ0) is 30.6. The number of aromatic nitrogens is 2. The van der Waals surface area contributed by atoms with Crippen LogP contribution in [0, 0.1) is 0 Å². The predicted molar refractivity (Wildman–Crippen MR) is 150 cm³/mol. The highest BCUT2D eigenvalue weighted by Crippen LogP contribution is 2.39. The summed E-state index contributed by atoms with van der Waals surface area (Å²) in [6.07, 6.45) is -2.56. The molecule has 2 aliphatic rings. The number of amides is 1. The van der Waals surface area contributed by atoms with Crippen LogP contribution in [0.3, 0.4) is 0 Å². The summed E-state index contributed by atoms with van der Waals surface area (Å²) < 4.78 is 52.8. The smallest absolute Gasteiger partial charge is 0.423 e. The fourth-order valence-corrected chi connectivity index (χ4v) is 5.05. The molecule has 14 heteroatoms. The third kappa shape index (κ3) is 7.33. The molecule has 43 heavy (non-hydrogen) atoms. The number of aliphatic hydroxyl groups is 1. The van der Waals surface area contributed by atoms with Crippen LogP contribution < -0.4 is 20.1 Å². The van der Waals surface area contributed by atoms with Gasteiger partial charge in [-0.2, -0.15) is 23.2 Å². The summed E-state index contributed by atoms with van der Waals surface area (Å²) in [7, 11) is 3.18. The van der Waals surface area contributed by atoms with Crippen LogP contribution in [0.2, 0.25) is 0 Å². The van der Waals surface area contributed by atoms with E-state index in [4.69, 9.17) is 19.4 Å². The average Bonchev–Trinajstić information content (AvgIpc) is 2.98. The monoisotopic (exact) mass is 602 g/mol. The summed E-state index contributed by atoms with van der Waals surface area (Å²) in [6.45, 7) is 2.88. The first kappa shape index (κ1) is 30.5. The number of fused-ring (bicyclic) bond motifs is 1. The zero-order valence-electron chi connectivity index (χ0n) is 23.8. The Labute approximate surface area is 246 Å². The maximum Gasteiger partial charge on any atom is 0.423 e. The van der Waals surface area contributed by atoms with Crippen LogP contribution in [-0.2, 0) is 24.2 Å². The minimum Gasteiger partial charge on any atom is -0.495 e. The van der Waals surface area contributed by atoms with Crippen molar-refractivity contribution in [3.8, 4) is 17.4 Å². The number of nitrogens with one attached hydrogen (secondary N) is 2. The Bertz CT molecular complexity index is 1450. The Kier molecular flexibility index (Phi) is 9.30. The van der Waals surface area contributed by atoms with Gasteiger partial charge in [0.25, 0.3) is 5.91 Å². The molecule has 0 atom stereocenters. The maximum atomic E-state index is 13.9. The first-order valence-corrected chi connectivity index (χ1v) is 13.8. The number of hydrogen-bond acceptors (Lipinski definition) is 10. The average molecular weight is 603 g/mol. The number of hydroxylamine groups is 2. The minimum atomic E-state index is -4.76. The van der Waals surface area contributed by atoms with E-state index < -0.39 is 17.6 Å². The van der Waals surface area contributed by atoms with Gasteiger partial charge in [0.05, 0.1) is 26.0 Å². The molecule has 0 spiro atoms. The van der Waals surface area contributed by atoms with Crippen molar-refractivity contribution in [2.24, 2.45) is 0 Å². The number of methoxy groups -OCH3 is 1. The molecule has 0 radical (unpaired) electrons. The van der Waals surface area contributed by atoms with Gasteiger partial charge < -0.3 is 30.1 Å². The lowest BCUT2D eigenvalue weighted by atomic mass is 10.0. The van der Waals surface area contributed by atoms with Gasteiger partial charge in [0.1, 0.15) is 17.1 Å². The topological polar surface area (TPSA) is 121 Å². The number of rotatable bonds is 9. The Morgan fingerprint density at radius 2 is 1.98 bits per heavy atom. The van der Waals surface area contributed by atoms with Gasteiger partial charge in [0, 0.05) is 56.6 Å². The van der Waals surface area contributed by atoms with Crippen molar-refractivity contribution in [2.75, 3.05) is 45.7 Å². The number of β-amino-alcohol motifs (C(OH)–C–C–N with tert-alkyl or cyclic N) is 1. The summed E-state index contributed by atoms with van der Waals surface area (Å²) in [5.74, 6) is -0.623. The molecule has 1 amide bonds. The van der Waals surface area contributed by atoms with Crippen LogP contribution in [-0.4, -0.2) is 77.4 Å². The van der Waals surface area contributed by atoms with Crippen molar-refractivity contribution in [3.63, 3.8) is 0 Å². The number of carbonyl (C=O) groups excluding carboxylic acids is 1. The van der Waals surface area contributed by atoms with E-state index in [0.29, 0.717) is 36.1 Å². The van der Waals surface area contributed by atoms with Crippen LogP contribution >= 0.6 is 0 Å². The second-order valence-corrected chi connectivity index (χ2v) is 10.3. The fourth-order valence-electron chi connectivity index (χ4n) is 5.05. The highest BCUT2D eigenvalue weighted by Gasteiger charge is 2.37. The summed E-state index contributed by atoms with van der Waals surface area (Å²) in [4.78, 5) is 28.5. The largest absolute Gasteiger partial charge is 0.495 e. The van der Waals surface area contributed by atoms with E-state index in [1.807, 2.05) is 6.07 Å². The summed E-state index contributed by atoms with van der Waals surface area (Å²) in [5.41, 5.74) is 1.07. The van der Waals surface area contributed by atoms with Crippen molar-refractivity contribution < 1.29 is 37.4 Å². The molecule has 0 aliphatic carbocycles. The van der Waals surface area contributed by atoms with Gasteiger partial charge in [-0.25, -0.2) is 4.98 Å². The van der Waals surface area contributed by atoms with Gasteiger partial charge in [-0.3, -0.25) is 9.63 Å². The van der Waals surface area contributed by atoms with Crippen LogP contribution in [0.15, 0.2) is 42.6 Å². The highest BCUT2D eigenvalue weighted by molar-refractivity contribution is 5.95. The van der Waals surface area contributed by atoms with Gasteiger partial charge in [0.15, 0.2) is 0 Å². The molecular formula is C29H33F3N6O5. The molecule has 230 valence electrons. The summed E-state index contributed by atoms with van der Waals surface area (Å²) >= 11 is 0. The molecule has 2 aromatic carbocycles. The lowest BCUT2D eigenvalue weighted by molar-refractivity contribution is -0.168. The van der Waals surface area contributed by atoms with E-state index in [0.717, 1.165) is 31.5 Å². The molecule has 1 aromatic heterocycles. The second kappa shape index (κ2) is 13.1. The predicted octanol–water partition coefficient (Wildman–Crippen LogP) is 4.10. The number of halogens is 3. The molecule has 2 aliphatic heterocycles. The van der Waals surface area contributed by atoms with Crippen molar-refractivity contribution in [2.45, 2.75) is 38.2 Å². The number of piperidine rings is 1. The number of aliphatic hydroxyl groups excluding tert-OH is 1. The molecule has 3 heterocycles. The van der Waals surface area contributed by atoms with Crippen LogP contribution in [0.25, 0.3) is 0 Å². The molecule has 3 aromatic rings.